The van der Waals surface area contributed by atoms with E-state index in [2.05, 4.69) is 10.9 Å². The van der Waals surface area contributed by atoms with Gasteiger partial charge in [-0.25, -0.2) is 5.26 Å². The minimum Gasteiger partial charge on any atom is -0.508 e. The molecular weight excluding hydrogens is 236 g/mol. The smallest absolute Gasteiger partial charge is 0.423 e. The summed E-state index contributed by atoms with van der Waals surface area (Å²) < 4.78 is 28.0. The third kappa shape index (κ3) is 6.96. The van der Waals surface area contributed by atoms with E-state index in [-0.39, 0.29) is 0 Å². The Kier molecular flexibility index (Phi) is 6.35. The molecule has 0 unspecified atom stereocenters. The summed E-state index contributed by atoms with van der Waals surface area (Å²) in [5, 5.41) is 16.3. The Morgan fingerprint density at radius 2 is 1.88 bits per heavy atom. The average Bonchev–Trinajstić information content (AvgIpc) is 2.22. The molecule has 0 aliphatic rings. The Morgan fingerprint density at radius 3 is 2.25 bits per heavy atom. The zero-order valence-corrected chi connectivity index (χ0v) is 9.09. The fourth-order valence-electron chi connectivity index (χ4n) is 0.839. The van der Waals surface area contributed by atoms with Gasteiger partial charge >= 0.3 is 10.4 Å². The summed E-state index contributed by atoms with van der Waals surface area (Å²) in [5.74, 6) is 0.349. The fraction of sp³-hybridized carbons (Fsp3) is 0.111. The van der Waals surface area contributed by atoms with Crippen molar-refractivity contribution in [2.75, 3.05) is 0 Å². The highest BCUT2D eigenvalue weighted by Gasteiger charge is 1.97. The normalized spacial score (nSPS) is 10.1. The Bertz CT molecular complexity index is 425. The lowest BCUT2D eigenvalue weighted by molar-refractivity contribution is -0.139. The zero-order valence-electron chi connectivity index (χ0n) is 8.28. The quantitative estimate of drug-likeness (QED) is 0.323. The molecule has 1 aromatic rings. The van der Waals surface area contributed by atoms with Crippen molar-refractivity contribution in [1.29, 1.82) is 0 Å². The molecule has 0 heterocycles. The number of benzene rings is 1. The second-order valence-corrected chi connectivity index (χ2v) is 3.63. The van der Waals surface area contributed by atoms with E-state index in [0.29, 0.717) is 5.75 Å². The molecule has 0 bridgehead atoms. The molecule has 3 N–H and O–H groups in total. The fourth-order valence-corrected chi connectivity index (χ4v) is 0.839. The number of phenols is 1. The van der Waals surface area contributed by atoms with Crippen molar-refractivity contribution in [2.45, 2.75) is 6.42 Å². The van der Waals surface area contributed by atoms with Gasteiger partial charge in [0.1, 0.15) is 5.75 Å². The third-order valence-electron chi connectivity index (χ3n) is 1.45. The van der Waals surface area contributed by atoms with Crippen LogP contribution in [0, 0.1) is 0 Å². The Labute approximate surface area is 93.3 Å². The van der Waals surface area contributed by atoms with E-state index in [0.717, 1.165) is 12.0 Å². The molecule has 0 aromatic heterocycles. The average molecular weight is 248 g/mol. The van der Waals surface area contributed by atoms with Gasteiger partial charge in [0.05, 0.1) is 0 Å². The molecule has 0 fully saturated rings. The van der Waals surface area contributed by atoms with E-state index in [1.54, 1.807) is 12.1 Å². The van der Waals surface area contributed by atoms with Crippen LogP contribution in [0.15, 0.2) is 36.9 Å². The molecule has 0 saturated carbocycles. The second-order valence-electron chi connectivity index (χ2n) is 2.62. The molecule has 0 spiro atoms. The van der Waals surface area contributed by atoms with E-state index in [4.69, 9.17) is 18.2 Å². The van der Waals surface area contributed by atoms with Crippen molar-refractivity contribution in [3.63, 3.8) is 0 Å². The number of hydrogen-bond acceptors (Lipinski definition) is 5. The Hall–Kier alpha value is -1.41. The molecule has 90 valence electrons. The molecule has 1 rings (SSSR count). The number of phenolic OH excluding ortho intramolecular Hbond substituents is 1. The van der Waals surface area contributed by atoms with E-state index in [9.17, 15) is 5.11 Å². The summed E-state index contributed by atoms with van der Waals surface area (Å²) in [5.41, 5.74) is 0.928. The first kappa shape index (κ1) is 14.6. The topological polar surface area (TPSA) is 104 Å². The minimum absolute atomic E-state index is 0.349. The van der Waals surface area contributed by atoms with Crippen LogP contribution in [0.2, 0.25) is 0 Å². The monoisotopic (exact) mass is 248 g/mol. The molecule has 1 aromatic carbocycles. The lowest BCUT2D eigenvalue weighted by Gasteiger charge is -1.97. The molecular formula is C9H12O6S. The summed E-state index contributed by atoms with van der Waals surface area (Å²) in [6.07, 6.45) is 2.50. The Balaban J connectivity index is 0.000000325. The van der Waals surface area contributed by atoms with E-state index in [1.807, 2.05) is 18.2 Å². The number of aromatic hydroxyl groups is 1. The van der Waals surface area contributed by atoms with Crippen LogP contribution in [-0.4, -0.2) is 23.3 Å². The van der Waals surface area contributed by atoms with Crippen LogP contribution in [0.4, 0.5) is 0 Å². The van der Waals surface area contributed by atoms with Crippen molar-refractivity contribution in [3.8, 4) is 5.75 Å². The van der Waals surface area contributed by atoms with Crippen LogP contribution in [0.25, 0.3) is 0 Å². The van der Waals surface area contributed by atoms with Gasteiger partial charge in [0.2, 0.25) is 0 Å². The third-order valence-corrected chi connectivity index (χ3v) is 1.64. The molecule has 16 heavy (non-hydrogen) atoms. The predicted octanol–water partition coefficient (Wildman–Crippen LogP) is 1.40. The summed E-state index contributed by atoms with van der Waals surface area (Å²) in [4.78, 5) is 0. The van der Waals surface area contributed by atoms with Crippen molar-refractivity contribution < 1.29 is 27.7 Å². The zero-order chi connectivity index (χ0) is 12.6. The molecule has 0 radical (unpaired) electrons. The minimum atomic E-state index is -4.61. The van der Waals surface area contributed by atoms with Gasteiger partial charge < -0.3 is 5.11 Å². The van der Waals surface area contributed by atoms with Crippen LogP contribution >= 0.6 is 0 Å². The maximum Gasteiger partial charge on any atom is 0.423 e. The van der Waals surface area contributed by atoms with Gasteiger partial charge in [0.25, 0.3) is 0 Å². The highest BCUT2D eigenvalue weighted by Crippen LogP contribution is 2.15. The number of allylic oxidation sites excluding steroid dienone is 1. The molecule has 0 aliphatic carbocycles. The van der Waals surface area contributed by atoms with Gasteiger partial charge in [-0.1, -0.05) is 28.6 Å². The van der Waals surface area contributed by atoms with Crippen molar-refractivity contribution in [2.24, 2.45) is 0 Å². The van der Waals surface area contributed by atoms with E-state index >= 15 is 0 Å². The maximum absolute atomic E-state index is 9.19. The van der Waals surface area contributed by atoms with Gasteiger partial charge in [0.15, 0.2) is 0 Å². The SMILES string of the molecule is C=CCc1ccccc1O.O=S(=O)(O)OO. The number of para-hydroxylation sites is 1. The molecule has 0 amide bonds. The molecule has 0 atom stereocenters. The highest BCUT2D eigenvalue weighted by atomic mass is 32.3. The first-order valence-electron chi connectivity index (χ1n) is 4.09. The number of rotatable bonds is 3. The lowest BCUT2D eigenvalue weighted by Crippen LogP contribution is -1.97. The first-order chi connectivity index (χ1) is 7.40. The summed E-state index contributed by atoms with van der Waals surface area (Å²) in [6.45, 7) is 3.59. The predicted molar refractivity (Wildman–Crippen MR) is 57.3 cm³/mol. The van der Waals surface area contributed by atoms with E-state index < -0.39 is 10.4 Å². The van der Waals surface area contributed by atoms with Crippen molar-refractivity contribution >= 4 is 10.4 Å². The largest absolute Gasteiger partial charge is 0.508 e. The molecule has 0 saturated heterocycles. The second kappa shape index (κ2) is 6.96. The summed E-state index contributed by atoms with van der Waals surface area (Å²) in [7, 11) is -4.61. The van der Waals surface area contributed by atoms with Crippen molar-refractivity contribution in [3.05, 3.63) is 42.5 Å². The molecule has 7 heteroatoms. The first-order valence-corrected chi connectivity index (χ1v) is 5.45. The van der Waals surface area contributed by atoms with Crippen LogP contribution in [0.3, 0.4) is 0 Å². The summed E-state index contributed by atoms with van der Waals surface area (Å²) >= 11 is 0. The van der Waals surface area contributed by atoms with Gasteiger partial charge in [-0.05, 0) is 18.1 Å². The van der Waals surface area contributed by atoms with Gasteiger partial charge in [-0.2, -0.15) is 8.42 Å². The lowest BCUT2D eigenvalue weighted by atomic mass is 10.1. The standard InChI is InChI=1S/C9H10O.H2O5S/c1-2-5-8-6-3-4-7-9(8)10;1-5-6(2,3)4/h2-4,6-7,10H,1,5H2;1H,(H,2,3,4). The van der Waals surface area contributed by atoms with Crippen LogP contribution in [0.1, 0.15) is 5.56 Å². The molecule has 0 aliphatic heterocycles. The van der Waals surface area contributed by atoms with Crippen LogP contribution in [0.5, 0.6) is 5.75 Å². The maximum atomic E-state index is 9.19. The summed E-state index contributed by atoms with van der Waals surface area (Å²) in [6, 6.07) is 7.27. The van der Waals surface area contributed by atoms with Crippen molar-refractivity contribution in [1.82, 2.24) is 0 Å². The van der Waals surface area contributed by atoms with Gasteiger partial charge in [-0.3, -0.25) is 4.55 Å². The van der Waals surface area contributed by atoms with E-state index in [1.165, 1.54) is 0 Å². The van der Waals surface area contributed by atoms with Crippen LogP contribution < -0.4 is 0 Å². The molecule has 6 nitrogen and oxygen atoms in total. The Morgan fingerprint density at radius 1 is 1.38 bits per heavy atom. The highest BCUT2D eigenvalue weighted by molar-refractivity contribution is 7.80. The van der Waals surface area contributed by atoms with Gasteiger partial charge in [-0.15, -0.1) is 6.58 Å². The van der Waals surface area contributed by atoms with Crippen LogP contribution in [-0.2, 0) is 21.2 Å². The van der Waals surface area contributed by atoms with Gasteiger partial charge in [0, 0.05) is 0 Å². The number of hydrogen-bond donors (Lipinski definition) is 3.